The van der Waals surface area contributed by atoms with E-state index >= 15 is 0 Å². The summed E-state index contributed by atoms with van der Waals surface area (Å²) in [5.41, 5.74) is 10.8. The van der Waals surface area contributed by atoms with E-state index in [1.54, 1.807) is 0 Å². The summed E-state index contributed by atoms with van der Waals surface area (Å²) in [7, 11) is 0. The second-order valence-corrected chi connectivity index (χ2v) is 11.8. The fraction of sp³-hybridized carbons (Fsp3) is 0.0455. The third-order valence-electron chi connectivity index (χ3n) is 9.56. The lowest BCUT2D eigenvalue weighted by atomic mass is 9.51. The monoisotopic (exact) mass is 556 g/mol. The summed E-state index contributed by atoms with van der Waals surface area (Å²) in [6.45, 7) is 0. The highest BCUT2D eigenvalue weighted by Crippen LogP contribution is 2.64. The zero-order valence-corrected chi connectivity index (χ0v) is 24.2. The first-order valence-corrected chi connectivity index (χ1v) is 15.3. The Kier molecular flexibility index (Phi) is 5.49. The molecule has 0 saturated carbocycles. The Labute approximate surface area is 258 Å². The van der Waals surface area contributed by atoms with Gasteiger partial charge in [-0.25, -0.2) is 0 Å². The molecular formula is C44H28. The Morgan fingerprint density at radius 3 is 1.59 bits per heavy atom. The molecule has 44 heavy (non-hydrogen) atoms. The normalized spacial score (nSPS) is 18.0. The van der Waals surface area contributed by atoms with Gasteiger partial charge in [0, 0.05) is 11.5 Å². The zero-order chi connectivity index (χ0) is 29.1. The van der Waals surface area contributed by atoms with Crippen LogP contribution in [-0.4, -0.2) is 0 Å². The summed E-state index contributed by atoms with van der Waals surface area (Å²) in [4.78, 5) is 0. The lowest BCUT2D eigenvalue weighted by Crippen LogP contribution is -2.41. The standard InChI is InChI=1S/C44H28/c1-3-15-30(16-4-1)27-28-44-38-25-13-11-23-36(38)41(37-24-12-14-26-39(37)44)40(31-17-5-2-6-18-31)43(44)42-34-21-9-7-19-32(34)29-33-20-8-10-22-35(33)42/h1-26,29,41H. The summed E-state index contributed by atoms with van der Waals surface area (Å²) in [6, 6.07) is 59.6. The highest BCUT2D eigenvalue weighted by molar-refractivity contribution is 6.18. The molecule has 0 atom stereocenters. The number of allylic oxidation sites excluding steroid dienone is 2. The summed E-state index contributed by atoms with van der Waals surface area (Å²) in [6.07, 6.45) is 0. The molecule has 3 aliphatic rings. The Balaban J connectivity index is 1.55. The van der Waals surface area contributed by atoms with Crippen molar-refractivity contribution < 1.29 is 0 Å². The SMILES string of the molecule is C(#CC12C(c3c4ccccc4cc4ccccc34)=C(c3ccccc3)C(c3ccccc31)c1ccccc12)c1ccccc1. The maximum atomic E-state index is 4.02. The van der Waals surface area contributed by atoms with Gasteiger partial charge in [-0.15, -0.1) is 0 Å². The van der Waals surface area contributed by atoms with Crippen LogP contribution in [-0.2, 0) is 5.41 Å². The Hall–Kier alpha value is -5.64. The van der Waals surface area contributed by atoms with Crippen LogP contribution < -0.4 is 0 Å². The number of rotatable bonds is 2. The molecule has 7 aromatic rings. The van der Waals surface area contributed by atoms with Crippen LogP contribution in [0, 0.1) is 11.8 Å². The largest absolute Gasteiger partial charge is 0.108 e. The molecule has 0 fully saturated rings. The predicted molar refractivity (Wildman–Crippen MR) is 184 cm³/mol. The molecule has 0 radical (unpaired) electrons. The summed E-state index contributed by atoms with van der Waals surface area (Å²) >= 11 is 0. The van der Waals surface area contributed by atoms with Crippen LogP contribution in [0.3, 0.4) is 0 Å². The van der Waals surface area contributed by atoms with Gasteiger partial charge in [0.2, 0.25) is 0 Å². The van der Waals surface area contributed by atoms with Gasteiger partial charge in [0.25, 0.3) is 0 Å². The van der Waals surface area contributed by atoms with E-state index in [1.807, 2.05) is 0 Å². The maximum Gasteiger partial charge on any atom is 0.108 e. The van der Waals surface area contributed by atoms with Crippen molar-refractivity contribution in [2.24, 2.45) is 0 Å². The molecule has 204 valence electrons. The number of benzene rings is 7. The van der Waals surface area contributed by atoms with Crippen molar-refractivity contribution in [2.75, 3.05) is 0 Å². The lowest BCUT2D eigenvalue weighted by molar-refractivity contribution is 0.749. The van der Waals surface area contributed by atoms with E-state index in [4.69, 9.17) is 0 Å². The highest BCUT2D eigenvalue weighted by Gasteiger charge is 2.53. The number of fused-ring (bicyclic) bond motifs is 2. The lowest BCUT2D eigenvalue weighted by Gasteiger charge is -2.50. The Bertz CT molecular complexity index is 2230. The van der Waals surface area contributed by atoms with Crippen LogP contribution in [0.25, 0.3) is 32.7 Å². The molecule has 0 heteroatoms. The van der Waals surface area contributed by atoms with E-state index in [9.17, 15) is 0 Å². The molecular weight excluding hydrogens is 528 g/mol. The van der Waals surface area contributed by atoms with Gasteiger partial charge in [0.15, 0.2) is 0 Å². The molecule has 0 aromatic heterocycles. The minimum Gasteiger partial charge on any atom is -0.0764 e. The molecule has 0 N–H and O–H groups in total. The van der Waals surface area contributed by atoms with Crippen LogP contribution >= 0.6 is 0 Å². The Morgan fingerprint density at radius 2 is 0.977 bits per heavy atom. The molecule has 0 amide bonds. The van der Waals surface area contributed by atoms with Crippen molar-refractivity contribution in [1.29, 1.82) is 0 Å². The molecule has 7 aromatic carbocycles. The van der Waals surface area contributed by atoms with Crippen molar-refractivity contribution in [3.05, 3.63) is 203 Å². The van der Waals surface area contributed by atoms with Gasteiger partial charge in [-0.2, -0.15) is 0 Å². The molecule has 0 unspecified atom stereocenters. The van der Waals surface area contributed by atoms with Gasteiger partial charge in [-0.3, -0.25) is 0 Å². The third-order valence-corrected chi connectivity index (χ3v) is 9.56. The summed E-state index contributed by atoms with van der Waals surface area (Å²) in [5, 5.41) is 5.02. The first kappa shape index (κ1) is 24.9. The first-order chi connectivity index (χ1) is 21.8. The highest BCUT2D eigenvalue weighted by atomic mass is 14.5. The average Bonchev–Trinajstić information content (AvgIpc) is 3.10. The smallest absolute Gasteiger partial charge is 0.0764 e. The molecule has 0 heterocycles. The number of hydrogen-bond acceptors (Lipinski definition) is 0. The van der Waals surface area contributed by atoms with Gasteiger partial charge in [0.1, 0.15) is 5.41 Å². The summed E-state index contributed by atoms with van der Waals surface area (Å²) in [5.74, 6) is 7.81. The van der Waals surface area contributed by atoms with Gasteiger partial charge >= 0.3 is 0 Å². The quantitative estimate of drug-likeness (QED) is 0.147. The molecule has 2 bridgehead atoms. The number of hydrogen-bond donors (Lipinski definition) is 0. The molecule has 3 aliphatic carbocycles. The van der Waals surface area contributed by atoms with Gasteiger partial charge < -0.3 is 0 Å². The molecule has 10 rings (SSSR count). The predicted octanol–water partition coefficient (Wildman–Crippen LogP) is 10.4. The summed E-state index contributed by atoms with van der Waals surface area (Å²) < 4.78 is 0. The minimum absolute atomic E-state index is 0.0953. The molecule has 0 saturated heterocycles. The fourth-order valence-corrected chi connectivity index (χ4v) is 7.84. The van der Waals surface area contributed by atoms with Crippen LogP contribution in [0.4, 0.5) is 0 Å². The van der Waals surface area contributed by atoms with Crippen molar-refractivity contribution in [3.8, 4) is 11.8 Å². The fourth-order valence-electron chi connectivity index (χ4n) is 7.84. The van der Waals surface area contributed by atoms with E-state index in [0.717, 1.165) is 5.56 Å². The Morgan fingerprint density at radius 1 is 0.477 bits per heavy atom. The van der Waals surface area contributed by atoms with Crippen LogP contribution in [0.5, 0.6) is 0 Å². The van der Waals surface area contributed by atoms with Crippen molar-refractivity contribution >= 4 is 32.7 Å². The zero-order valence-electron chi connectivity index (χ0n) is 24.2. The van der Waals surface area contributed by atoms with Crippen LogP contribution in [0.1, 0.15) is 44.9 Å². The van der Waals surface area contributed by atoms with Crippen molar-refractivity contribution in [2.45, 2.75) is 11.3 Å². The molecule has 0 spiro atoms. The van der Waals surface area contributed by atoms with E-state index in [2.05, 4.69) is 176 Å². The second-order valence-electron chi connectivity index (χ2n) is 11.8. The third kappa shape index (κ3) is 3.48. The maximum absolute atomic E-state index is 4.02. The van der Waals surface area contributed by atoms with Crippen molar-refractivity contribution in [1.82, 2.24) is 0 Å². The van der Waals surface area contributed by atoms with Crippen LogP contribution in [0.2, 0.25) is 0 Å². The minimum atomic E-state index is -0.685. The van der Waals surface area contributed by atoms with E-state index in [0.29, 0.717) is 0 Å². The molecule has 0 aliphatic heterocycles. The van der Waals surface area contributed by atoms with Crippen molar-refractivity contribution in [3.63, 3.8) is 0 Å². The van der Waals surface area contributed by atoms with Gasteiger partial charge in [0.05, 0.1) is 0 Å². The van der Waals surface area contributed by atoms with Gasteiger partial charge in [-0.05, 0) is 84.3 Å². The van der Waals surface area contributed by atoms with E-state index < -0.39 is 5.41 Å². The van der Waals surface area contributed by atoms with E-state index in [-0.39, 0.29) is 5.92 Å². The average molecular weight is 557 g/mol. The molecule has 0 nitrogen and oxygen atoms in total. The first-order valence-electron chi connectivity index (χ1n) is 15.3. The topological polar surface area (TPSA) is 0 Å². The second kappa shape index (κ2) is 9.70. The van der Waals surface area contributed by atoms with Gasteiger partial charge in [-0.1, -0.05) is 157 Å². The van der Waals surface area contributed by atoms with E-state index in [1.165, 1.54) is 66.1 Å². The van der Waals surface area contributed by atoms with Crippen LogP contribution in [0.15, 0.2) is 164 Å².